The topological polar surface area (TPSA) is 83.5 Å². The van der Waals surface area contributed by atoms with Crippen LogP contribution in [0.5, 0.6) is 46.0 Å². The van der Waals surface area contributed by atoms with Gasteiger partial charge in [0.05, 0.1) is 5.30 Å². The third-order valence-corrected chi connectivity index (χ3v) is 17.7. The average Bonchev–Trinajstić information content (AvgIpc) is 3.45. The van der Waals surface area contributed by atoms with Gasteiger partial charge in [0.25, 0.3) is 0 Å². The molecule has 396 valence electrons. The van der Waals surface area contributed by atoms with Gasteiger partial charge in [-0.3, -0.25) is 0 Å². The standard InChI is InChI=1S/C70H69O7P/c1-12-53-23-25-55(26-24-53)43-73-59-35-36-65(66(41-59)78(72,61-19-15-13-16-20-61)62-21-17-14-18-22-62)74-44-56-29-33-58(34-30-56)75-57-31-27-54(28-32-57)42-70(10,11)77-68-46(3)37-60(38-47(68)4)76-69-48(5)40-64(50(7)52(69)9)63-39-45(2)67(71)51(8)49(63)6/h12-41,71H,1,42-44H2,2-11H3. The Morgan fingerprint density at radius 1 is 0.487 bits per heavy atom. The van der Waals surface area contributed by atoms with Crippen LogP contribution in [0, 0.1) is 55.4 Å². The predicted octanol–water partition coefficient (Wildman–Crippen LogP) is 17.0. The fourth-order valence-corrected chi connectivity index (χ4v) is 12.9. The molecule has 0 saturated heterocycles. The quantitative estimate of drug-likeness (QED) is 0.0808. The Morgan fingerprint density at radius 3 is 1.54 bits per heavy atom. The van der Waals surface area contributed by atoms with Gasteiger partial charge < -0.3 is 33.4 Å². The molecule has 0 fully saturated rings. The van der Waals surface area contributed by atoms with Gasteiger partial charge in [-0.15, -0.1) is 0 Å². The number of aryl methyl sites for hydroxylation is 4. The summed E-state index contributed by atoms with van der Waals surface area (Å²) < 4.78 is 48.4. The monoisotopic (exact) mass is 1050 g/mol. The van der Waals surface area contributed by atoms with Crippen LogP contribution in [0.3, 0.4) is 0 Å². The molecular formula is C70H69O7P. The minimum atomic E-state index is -3.43. The highest BCUT2D eigenvalue weighted by molar-refractivity contribution is 7.85. The van der Waals surface area contributed by atoms with Crippen molar-refractivity contribution in [2.75, 3.05) is 0 Å². The van der Waals surface area contributed by atoms with Crippen LogP contribution in [0.25, 0.3) is 17.2 Å². The van der Waals surface area contributed by atoms with Crippen molar-refractivity contribution in [1.29, 1.82) is 0 Å². The fraction of sp³-hybridized carbons (Fsp3) is 0.200. The van der Waals surface area contributed by atoms with Gasteiger partial charge in [0.1, 0.15) is 64.8 Å². The number of benzene rings is 9. The summed E-state index contributed by atoms with van der Waals surface area (Å²) in [4.78, 5) is 0. The highest BCUT2D eigenvalue weighted by Crippen LogP contribution is 2.47. The summed E-state index contributed by atoms with van der Waals surface area (Å²) in [6, 6.07) is 57.2. The van der Waals surface area contributed by atoms with E-state index in [0.717, 1.165) is 101 Å². The van der Waals surface area contributed by atoms with Gasteiger partial charge in [0, 0.05) is 17.0 Å². The molecule has 0 aliphatic carbocycles. The molecule has 0 heterocycles. The average molecular weight is 1050 g/mol. The maximum Gasteiger partial charge on any atom is 0.174 e. The second-order valence-corrected chi connectivity index (χ2v) is 23.7. The van der Waals surface area contributed by atoms with Crippen molar-refractivity contribution in [3.63, 3.8) is 0 Å². The highest BCUT2D eigenvalue weighted by Gasteiger charge is 2.34. The van der Waals surface area contributed by atoms with Crippen molar-refractivity contribution in [3.8, 4) is 57.1 Å². The van der Waals surface area contributed by atoms with Gasteiger partial charge in [-0.1, -0.05) is 122 Å². The molecule has 0 spiro atoms. The van der Waals surface area contributed by atoms with E-state index in [0.29, 0.717) is 51.9 Å². The molecule has 0 atom stereocenters. The Bertz CT molecular complexity index is 3590. The number of hydrogen-bond acceptors (Lipinski definition) is 7. The van der Waals surface area contributed by atoms with Crippen molar-refractivity contribution in [3.05, 3.63) is 249 Å². The van der Waals surface area contributed by atoms with Crippen LogP contribution in [0.15, 0.2) is 183 Å². The molecule has 0 aliphatic heterocycles. The lowest BCUT2D eigenvalue weighted by Crippen LogP contribution is -2.31. The number of hydrogen-bond donors (Lipinski definition) is 1. The number of rotatable bonds is 19. The summed E-state index contributed by atoms with van der Waals surface area (Å²) in [5.74, 6) is 5.34. The Hall–Kier alpha value is -8.25. The maximum absolute atomic E-state index is 15.7. The molecule has 0 bridgehead atoms. The largest absolute Gasteiger partial charge is 0.507 e. The number of phenols is 1. The van der Waals surface area contributed by atoms with Crippen LogP contribution in [0.4, 0.5) is 0 Å². The summed E-state index contributed by atoms with van der Waals surface area (Å²) in [6.07, 6.45) is 2.49. The van der Waals surface area contributed by atoms with E-state index in [4.69, 9.17) is 23.7 Å². The Labute approximate surface area is 461 Å². The van der Waals surface area contributed by atoms with E-state index < -0.39 is 12.7 Å². The molecule has 0 aromatic heterocycles. The Balaban J connectivity index is 0.844. The molecule has 7 nitrogen and oxygen atoms in total. The lowest BCUT2D eigenvalue weighted by molar-refractivity contribution is 0.108. The third-order valence-electron chi connectivity index (χ3n) is 14.6. The maximum atomic E-state index is 15.7. The summed E-state index contributed by atoms with van der Waals surface area (Å²) in [6.45, 7) is 25.2. The lowest BCUT2D eigenvalue weighted by Gasteiger charge is -2.29. The molecule has 0 amide bonds. The van der Waals surface area contributed by atoms with Crippen molar-refractivity contribution >= 4 is 29.1 Å². The first-order valence-corrected chi connectivity index (χ1v) is 28.2. The van der Waals surface area contributed by atoms with Gasteiger partial charge in [0.15, 0.2) is 7.14 Å². The molecule has 9 aromatic carbocycles. The van der Waals surface area contributed by atoms with E-state index in [1.165, 1.54) is 0 Å². The van der Waals surface area contributed by atoms with Crippen molar-refractivity contribution in [1.82, 2.24) is 0 Å². The first kappa shape index (κ1) is 54.5. The number of ether oxygens (including phenoxy) is 5. The van der Waals surface area contributed by atoms with Crippen molar-refractivity contribution in [2.24, 2.45) is 0 Å². The molecule has 78 heavy (non-hydrogen) atoms. The first-order chi connectivity index (χ1) is 37.4. The first-order valence-electron chi connectivity index (χ1n) is 26.5. The SMILES string of the molecule is C=Cc1ccc(COc2ccc(OCc3ccc(Oc4ccc(CC(C)(C)Oc5c(C)cc(Oc6c(C)cc(-c7cc(C)c(O)c(C)c7C)c(C)c6C)cc5C)cc4)cc3)c(P(=O)(c3ccccc3)c3ccccc3)c2)cc1. The van der Waals surface area contributed by atoms with E-state index in [1.54, 1.807) is 0 Å². The zero-order valence-electron chi connectivity index (χ0n) is 46.5. The van der Waals surface area contributed by atoms with E-state index in [9.17, 15) is 5.11 Å². The van der Waals surface area contributed by atoms with E-state index in [1.807, 2.05) is 159 Å². The van der Waals surface area contributed by atoms with Gasteiger partial charge in [-0.05, 0) is 214 Å². The summed E-state index contributed by atoms with van der Waals surface area (Å²) >= 11 is 0. The van der Waals surface area contributed by atoms with Crippen LogP contribution in [0.2, 0.25) is 0 Å². The highest BCUT2D eigenvalue weighted by atomic mass is 31.2. The van der Waals surface area contributed by atoms with Gasteiger partial charge in [-0.2, -0.15) is 0 Å². The lowest BCUT2D eigenvalue weighted by atomic mass is 9.88. The fourth-order valence-electron chi connectivity index (χ4n) is 10.1. The van der Waals surface area contributed by atoms with E-state index >= 15 is 4.57 Å². The molecule has 8 heteroatoms. The van der Waals surface area contributed by atoms with Crippen molar-refractivity contribution < 1.29 is 33.4 Å². The summed E-state index contributed by atoms with van der Waals surface area (Å²) in [5.41, 5.74) is 14.0. The molecule has 0 aliphatic rings. The zero-order valence-corrected chi connectivity index (χ0v) is 47.4. The second kappa shape index (κ2) is 23.2. The Kier molecular flexibility index (Phi) is 16.2. The molecule has 0 unspecified atom stereocenters. The van der Waals surface area contributed by atoms with Gasteiger partial charge in [0.2, 0.25) is 0 Å². The molecule has 0 saturated carbocycles. The molecule has 9 aromatic rings. The molecule has 9 rings (SSSR count). The molecule has 1 N–H and O–H groups in total. The summed E-state index contributed by atoms with van der Waals surface area (Å²) in [7, 11) is -3.43. The normalized spacial score (nSPS) is 11.5. The van der Waals surface area contributed by atoms with Crippen LogP contribution in [-0.2, 0) is 24.2 Å². The Morgan fingerprint density at radius 2 is 0.974 bits per heavy atom. The van der Waals surface area contributed by atoms with E-state index in [2.05, 4.69) is 98.4 Å². The van der Waals surface area contributed by atoms with Crippen LogP contribution in [-0.4, -0.2) is 10.7 Å². The van der Waals surface area contributed by atoms with Crippen LogP contribution >= 0.6 is 7.14 Å². The van der Waals surface area contributed by atoms with Gasteiger partial charge >= 0.3 is 0 Å². The van der Waals surface area contributed by atoms with Crippen molar-refractivity contribution in [2.45, 2.75) is 94.5 Å². The van der Waals surface area contributed by atoms with Crippen LogP contribution in [0.1, 0.15) is 80.6 Å². The number of phenolic OH excluding ortho intramolecular Hbond substituents is 1. The molecule has 0 radical (unpaired) electrons. The van der Waals surface area contributed by atoms with E-state index in [-0.39, 0.29) is 6.61 Å². The predicted molar refractivity (Wildman–Crippen MR) is 320 cm³/mol. The molecular weight excluding hydrogens is 984 g/mol. The van der Waals surface area contributed by atoms with Crippen LogP contribution < -0.4 is 39.6 Å². The number of aromatic hydroxyl groups is 1. The minimum absolute atomic E-state index is 0.243. The smallest absolute Gasteiger partial charge is 0.174 e. The second-order valence-electron chi connectivity index (χ2n) is 21.0. The summed E-state index contributed by atoms with van der Waals surface area (Å²) in [5, 5.41) is 12.5. The van der Waals surface area contributed by atoms with Gasteiger partial charge in [-0.25, -0.2) is 0 Å². The zero-order chi connectivity index (χ0) is 55.3. The minimum Gasteiger partial charge on any atom is -0.507 e. The third kappa shape index (κ3) is 12.0.